The lowest BCUT2D eigenvalue weighted by Crippen LogP contribution is -2.30. The maximum absolute atomic E-state index is 13.1. The van der Waals surface area contributed by atoms with Crippen LogP contribution in [0.5, 0.6) is 0 Å². The predicted octanol–water partition coefficient (Wildman–Crippen LogP) is 23.5. The first kappa shape index (κ1) is 96.1. The van der Waals surface area contributed by atoms with Crippen molar-refractivity contribution in [1.29, 1.82) is 0 Å². The van der Waals surface area contributed by atoms with Crippen LogP contribution in [0.2, 0.25) is 0 Å². The number of hydrogen-bond acceptors (Lipinski definition) is 15. The molecule has 98 heavy (non-hydrogen) atoms. The van der Waals surface area contributed by atoms with Gasteiger partial charge in [0.2, 0.25) is 0 Å². The van der Waals surface area contributed by atoms with Crippen LogP contribution in [0.3, 0.4) is 0 Å². The number of aliphatic hydroxyl groups excluding tert-OH is 1. The normalized spacial score (nSPS) is 13.9. The number of esters is 4. The van der Waals surface area contributed by atoms with Gasteiger partial charge in [0.15, 0.2) is 12.2 Å². The lowest BCUT2D eigenvalue weighted by Gasteiger charge is -2.21. The highest BCUT2D eigenvalue weighted by molar-refractivity contribution is 7.47. The Morgan fingerprint density at radius 2 is 0.469 bits per heavy atom. The molecule has 3 N–H and O–H groups in total. The van der Waals surface area contributed by atoms with E-state index in [4.69, 9.17) is 37.0 Å². The fourth-order valence-electron chi connectivity index (χ4n) is 12.2. The van der Waals surface area contributed by atoms with Gasteiger partial charge in [-0.15, -0.1) is 0 Å². The summed E-state index contributed by atoms with van der Waals surface area (Å²) in [5, 5.41) is 10.6. The van der Waals surface area contributed by atoms with Crippen LogP contribution in [-0.4, -0.2) is 96.7 Å². The molecule has 0 heterocycles. The summed E-state index contributed by atoms with van der Waals surface area (Å²) in [6.45, 7) is 9.55. The summed E-state index contributed by atoms with van der Waals surface area (Å²) in [6, 6.07) is 0. The highest BCUT2D eigenvalue weighted by atomic mass is 31.2. The molecule has 0 saturated carbocycles. The Morgan fingerprint density at radius 3 is 0.694 bits per heavy atom. The average molecular weight is 1440 g/mol. The summed E-state index contributed by atoms with van der Waals surface area (Å²) in [5.74, 6) is -0.655. The van der Waals surface area contributed by atoms with Gasteiger partial charge in [-0.1, -0.05) is 363 Å². The van der Waals surface area contributed by atoms with Crippen molar-refractivity contribution in [3.63, 3.8) is 0 Å². The third-order valence-corrected chi connectivity index (χ3v) is 20.4. The molecular formula is C79H154O17P2. The summed E-state index contributed by atoms with van der Waals surface area (Å²) in [6.07, 6.45) is 59.8. The fourth-order valence-corrected chi connectivity index (χ4v) is 13.8. The Kier molecular flexibility index (Phi) is 69.3. The van der Waals surface area contributed by atoms with Gasteiger partial charge in [-0.25, -0.2) is 9.13 Å². The van der Waals surface area contributed by atoms with Gasteiger partial charge in [-0.3, -0.25) is 37.3 Å². The zero-order valence-electron chi connectivity index (χ0n) is 64.1. The van der Waals surface area contributed by atoms with Crippen LogP contribution in [0.25, 0.3) is 0 Å². The molecule has 5 atom stereocenters. The second kappa shape index (κ2) is 70.7. The SMILES string of the molecule is CCCCCCCCCCCCCCCCCCCCCC(=O)O[C@H](COC(=O)CCCCCCCCCCCCCCCCCC)COP(=O)(O)OC[C@@H](O)COP(=O)(O)OC[C@@H](COC(=O)CCCCCCCCCC(C)C)OC(=O)CCCCCCCCCCCCC(C)C. The van der Waals surface area contributed by atoms with E-state index in [1.807, 2.05) is 0 Å². The molecular weight excluding hydrogens is 1280 g/mol. The van der Waals surface area contributed by atoms with E-state index >= 15 is 0 Å². The summed E-state index contributed by atoms with van der Waals surface area (Å²) in [7, 11) is -9.92. The van der Waals surface area contributed by atoms with Crippen molar-refractivity contribution in [1.82, 2.24) is 0 Å². The highest BCUT2D eigenvalue weighted by Crippen LogP contribution is 2.45. The summed E-state index contributed by atoms with van der Waals surface area (Å²) >= 11 is 0. The maximum atomic E-state index is 13.1. The van der Waals surface area contributed by atoms with E-state index in [1.165, 1.54) is 225 Å². The van der Waals surface area contributed by atoms with Crippen molar-refractivity contribution >= 4 is 39.5 Å². The van der Waals surface area contributed by atoms with E-state index in [0.29, 0.717) is 31.6 Å². The number of ether oxygens (including phenoxy) is 4. The minimum atomic E-state index is -4.96. The molecule has 0 aliphatic rings. The Hall–Kier alpha value is -1.94. The first-order valence-corrected chi connectivity index (χ1v) is 44.0. The molecule has 0 fully saturated rings. The van der Waals surface area contributed by atoms with E-state index < -0.39 is 97.5 Å². The smallest absolute Gasteiger partial charge is 0.462 e. The molecule has 582 valence electrons. The molecule has 0 spiro atoms. The lowest BCUT2D eigenvalue weighted by molar-refractivity contribution is -0.161. The summed E-state index contributed by atoms with van der Waals surface area (Å²) in [4.78, 5) is 72.9. The lowest BCUT2D eigenvalue weighted by atomic mass is 10.0. The van der Waals surface area contributed by atoms with Crippen LogP contribution in [0, 0.1) is 11.8 Å². The summed E-state index contributed by atoms with van der Waals surface area (Å²) < 4.78 is 68.6. The zero-order valence-corrected chi connectivity index (χ0v) is 65.9. The number of rotatable bonds is 78. The molecule has 0 radical (unpaired) electrons. The van der Waals surface area contributed by atoms with Crippen molar-refractivity contribution in [3.8, 4) is 0 Å². The number of phosphoric ester groups is 2. The molecule has 0 aromatic carbocycles. The van der Waals surface area contributed by atoms with Gasteiger partial charge in [0, 0.05) is 25.7 Å². The van der Waals surface area contributed by atoms with Crippen LogP contribution < -0.4 is 0 Å². The van der Waals surface area contributed by atoms with Gasteiger partial charge in [0.25, 0.3) is 0 Å². The number of aliphatic hydroxyl groups is 1. The van der Waals surface area contributed by atoms with Gasteiger partial charge in [-0.05, 0) is 37.5 Å². The van der Waals surface area contributed by atoms with Gasteiger partial charge < -0.3 is 33.8 Å². The first-order chi connectivity index (χ1) is 47.4. The maximum Gasteiger partial charge on any atom is 0.472 e. The molecule has 17 nitrogen and oxygen atoms in total. The molecule has 0 aliphatic carbocycles. The minimum Gasteiger partial charge on any atom is -0.462 e. The quantitative estimate of drug-likeness (QED) is 0.0222. The largest absolute Gasteiger partial charge is 0.472 e. The fraction of sp³-hybridized carbons (Fsp3) is 0.949. The topological polar surface area (TPSA) is 237 Å². The van der Waals surface area contributed by atoms with Gasteiger partial charge >= 0.3 is 39.5 Å². The Morgan fingerprint density at radius 1 is 0.276 bits per heavy atom. The number of hydrogen-bond donors (Lipinski definition) is 3. The van der Waals surface area contributed by atoms with E-state index in [0.717, 1.165) is 102 Å². The van der Waals surface area contributed by atoms with Gasteiger partial charge in [-0.2, -0.15) is 0 Å². The van der Waals surface area contributed by atoms with Crippen LogP contribution in [-0.2, 0) is 65.4 Å². The summed E-state index contributed by atoms with van der Waals surface area (Å²) in [5.41, 5.74) is 0. The second-order valence-corrected chi connectivity index (χ2v) is 32.3. The molecule has 0 saturated heterocycles. The molecule has 0 aliphatic heterocycles. The van der Waals surface area contributed by atoms with E-state index in [-0.39, 0.29) is 25.7 Å². The van der Waals surface area contributed by atoms with Crippen LogP contribution in [0.15, 0.2) is 0 Å². The number of unbranched alkanes of at least 4 members (excludes halogenated alkanes) is 48. The van der Waals surface area contributed by atoms with E-state index in [2.05, 4.69) is 41.5 Å². The average Bonchev–Trinajstić information content (AvgIpc) is 1.78. The van der Waals surface area contributed by atoms with E-state index in [1.54, 1.807) is 0 Å². The Labute approximate surface area is 600 Å². The third-order valence-electron chi connectivity index (χ3n) is 18.5. The number of phosphoric acid groups is 2. The molecule has 19 heteroatoms. The zero-order chi connectivity index (χ0) is 72.1. The number of carbonyl (C=O) groups excluding carboxylic acids is 4. The molecule has 0 amide bonds. The van der Waals surface area contributed by atoms with Crippen molar-refractivity contribution < 1.29 is 80.2 Å². The highest BCUT2D eigenvalue weighted by Gasteiger charge is 2.30. The molecule has 0 bridgehead atoms. The third kappa shape index (κ3) is 72.4. The van der Waals surface area contributed by atoms with E-state index in [9.17, 15) is 43.2 Å². The van der Waals surface area contributed by atoms with Crippen molar-refractivity contribution in [3.05, 3.63) is 0 Å². The van der Waals surface area contributed by atoms with Crippen LogP contribution >= 0.6 is 15.6 Å². The number of carbonyl (C=O) groups is 4. The molecule has 0 aromatic heterocycles. The van der Waals surface area contributed by atoms with Crippen molar-refractivity contribution in [2.75, 3.05) is 39.6 Å². The molecule has 2 unspecified atom stereocenters. The van der Waals surface area contributed by atoms with Crippen LogP contribution in [0.4, 0.5) is 0 Å². The second-order valence-electron chi connectivity index (χ2n) is 29.4. The molecule has 0 rings (SSSR count). The van der Waals surface area contributed by atoms with Crippen molar-refractivity contribution in [2.45, 2.75) is 432 Å². The Bertz CT molecular complexity index is 1890. The Balaban J connectivity index is 5.23. The van der Waals surface area contributed by atoms with Crippen LogP contribution in [0.1, 0.15) is 414 Å². The minimum absolute atomic E-state index is 0.105. The van der Waals surface area contributed by atoms with Gasteiger partial charge in [0.05, 0.1) is 26.4 Å². The first-order valence-electron chi connectivity index (χ1n) is 41.0. The predicted molar refractivity (Wildman–Crippen MR) is 400 cm³/mol. The molecule has 0 aromatic rings. The standard InChI is InChI=1S/C79H154O17P2/c1-7-9-11-13-15-17-19-21-23-25-26-27-29-31-33-38-44-51-57-63-78(83)95-74(67-89-76(81)61-55-49-43-37-32-30-28-24-22-20-18-16-14-12-10-8-2)69-93-97(85,86)91-65-73(80)66-92-98(87,88)94-70-75(68-90-77(82)62-56-50-46-40-42-48-54-60-72(5)6)96-79(84)64-58-52-45-39-35-34-36-41-47-53-59-71(3)4/h71-75,80H,7-70H2,1-6H3,(H,85,86)(H,87,88)/t73-,74-,75-/m1/s1. The van der Waals surface area contributed by atoms with Crippen molar-refractivity contribution in [2.24, 2.45) is 11.8 Å². The van der Waals surface area contributed by atoms with Gasteiger partial charge in [0.1, 0.15) is 19.3 Å². The monoisotopic (exact) mass is 1440 g/mol.